The fourth-order valence-corrected chi connectivity index (χ4v) is 4.83. The van der Waals surface area contributed by atoms with Gasteiger partial charge in [-0.3, -0.25) is 4.79 Å². The summed E-state index contributed by atoms with van der Waals surface area (Å²) in [6.45, 7) is 2.12. The Hall–Kier alpha value is -1.40. The normalized spacial score (nSPS) is 27.7. The van der Waals surface area contributed by atoms with E-state index in [1.54, 1.807) is 12.1 Å². The van der Waals surface area contributed by atoms with Crippen LogP contribution in [0.15, 0.2) is 29.2 Å². The summed E-state index contributed by atoms with van der Waals surface area (Å²) in [6, 6.07) is 6.85. The Morgan fingerprint density at radius 1 is 1.17 bits per heavy atom. The van der Waals surface area contributed by atoms with E-state index in [1.165, 1.54) is 38.4 Å². The number of sulfonamides is 1. The van der Waals surface area contributed by atoms with Crippen molar-refractivity contribution >= 4 is 15.9 Å². The van der Waals surface area contributed by atoms with Crippen LogP contribution < -0.4 is 4.72 Å². The van der Waals surface area contributed by atoms with Crippen LogP contribution in [0.3, 0.4) is 0 Å². The van der Waals surface area contributed by atoms with Crippen LogP contribution >= 0.6 is 0 Å². The van der Waals surface area contributed by atoms with Gasteiger partial charge in [0.05, 0.1) is 4.90 Å². The molecule has 1 aromatic rings. The van der Waals surface area contributed by atoms with Crippen LogP contribution in [0.2, 0.25) is 0 Å². The average molecular weight is 336 g/mol. The van der Waals surface area contributed by atoms with Gasteiger partial charge in [0.15, 0.2) is 0 Å². The molecule has 2 fully saturated rings. The number of likely N-dealkylation sites (tertiary alicyclic amines) is 1. The van der Waals surface area contributed by atoms with E-state index in [9.17, 15) is 13.2 Å². The maximum Gasteiger partial charge on any atom is 0.254 e. The zero-order valence-corrected chi connectivity index (χ0v) is 14.5. The second-order valence-electron chi connectivity index (χ2n) is 6.64. The van der Waals surface area contributed by atoms with Gasteiger partial charge in [0, 0.05) is 17.6 Å². The minimum Gasteiger partial charge on any atom is -0.333 e. The summed E-state index contributed by atoms with van der Waals surface area (Å²) in [6.07, 6.45) is 5.86. The minimum absolute atomic E-state index is 0.0281. The fourth-order valence-electron chi connectivity index (χ4n) is 4.10. The highest BCUT2D eigenvalue weighted by atomic mass is 32.2. The molecule has 2 aliphatic rings. The summed E-state index contributed by atoms with van der Waals surface area (Å²) in [4.78, 5) is 15.1. The summed E-state index contributed by atoms with van der Waals surface area (Å²) in [5.41, 5.74) is 0.568. The summed E-state index contributed by atoms with van der Waals surface area (Å²) in [5.74, 6) is 0.659. The second kappa shape index (κ2) is 6.24. The molecule has 1 heterocycles. The molecule has 1 amide bonds. The molecule has 1 saturated carbocycles. The molecule has 1 aromatic carbocycles. The van der Waals surface area contributed by atoms with E-state index in [0.29, 0.717) is 17.5 Å². The van der Waals surface area contributed by atoms with Crippen molar-refractivity contribution < 1.29 is 13.2 Å². The van der Waals surface area contributed by atoms with E-state index < -0.39 is 10.0 Å². The Morgan fingerprint density at radius 3 is 2.48 bits per heavy atom. The summed E-state index contributed by atoms with van der Waals surface area (Å²) < 4.78 is 25.8. The summed E-state index contributed by atoms with van der Waals surface area (Å²) in [7, 11) is -2.09. The lowest BCUT2D eigenvalue weighted by molar-refractivity contribution is 0.0633. The van der Waals surface area contributed by atoms with Crippen molar-refractivity contribution in [3.63, 3.8) is 0 Å². The van der Waals surface area contributed by atoms with Gasteiger partial charge in [-0.15, -0.1) is 0 Å². The molecule has 1 saturated heterocycles. The molecule has 23 heavy (non-hydrogen) atoms. The molecule has 1 N–H and O–H groups in total. The van der Waals surface area contributed by atoms with Crippen molar-refractivity contribution in [2.75, 3.05) is 7.05 Å². The van der Waals surface area contributed by atoms with Gasteiger partial charge in [-0.1, -0.05) is 12.8 Å². The van der Waals surface area contributed by atoms with E-state index in [0.717, 1.165) is 12.8 Å². The zero-order chi connectivity index (χ0) is 16.6. The van der Waals surface area contributed by atoms with E-state index in [1.807, 2.05) is 4.90 Å². The van der Waals surface area contributed by atoms with Crippen LogP contribution in [0.25, 0.3) is 0 Å². The Kier molecular flexibility index (Phi) is 4.47. The molecule has 1 aliphatic carbocycles. The molecule has 3 unspecified atom stereocenters. The standard InChI is InChI=1S/C17H24N2O3S/c1-12-11-14-5-3-4-6-16(14)19(12)17(20)13-7-9-15(10-8-13)23(21,22)18-2/h7-10,12,14,16,18H,3-6,11H2,1-2H3. The van der Waals surface area contributed by atoms with Crippen LogP contribution in [-0.4, -0.2) is 38.4 Å². The quantitative estimate of drug-likeness (QED) is 0.921. The van der Waals surface area contributed by atoms with Gasteiger partial charge in [-0.25, -0.2) is 13.1 Å². The highest BCUT2D eigenvalue weighted by Crippen LogP contribution is 2.40. The Balaban J connectivity index is 1.83. The van der Waals surface area contributed by atoms with Crippen LogP contribution in [-0.2, 0) is 10.0 Å². The molecule has 3 atom stereocenters. The number of hydrogen-bond donors (Lipinski definition) is 1. The lowest BCUT2D eigenvalue weighted by atomic mass is 9.85. The third kappa shape index (κ3) is 3.02. The number of carbonyl (C=O) groups is 1. The molecular formula is C17H24N2O3S. The molecule has 0 bridgehead atoms. The molecule has 3 rings (SSSR count). The molecule has 1 aliphatic heterocycles. The highest BCUT2D eigenvalue weighted by molar-refractivity contribution is 7.89. The molecule has 0 aromatic heterocycles. The Bertz CT molecular complexity index is 684. The lowest BCUT2D eigenvalue weighted by Crippen LogP contribution is -2.42. The first-order valence-corrected chi connectivity index (χ1v) is 9.78. The maximum atomic E-state index is 12.9. The van der Waals surface area contributed by atoms with Gasteiger partial charge >= 0.3 is 0 Å². The predicted octanol–water partition coefficient (Wildman–Crippen LogP) is 2.39. The van der Waals surface area contributed by atoms with Crippen LogP contribution in [0, 0.1) is 5.92 Å². The van der Waals surface area contributed by atoms with Crippen LogP contribution in [0.4, 0.5) is 0 Å². The van der Waals surface area contributed by atoms with Crippen LogP contribution in [0.5, 0.6) is 0 Å². The van der Waals surface area contributed by atoms with Crippen molar-refractivity contribution in [3.05, 3.63) is 29.8 Å². The SMILES string of the molecule is CNS(=O)(=O)c1ccc(C(=O)N2C(C)CC3CCCCC32)cc1. The van der Waals surface area contributed by atoms with E-state index in [-0.39, 0.29) is 16.8 Å². The smallest absolute Gasteiger partial charge is 0.254 e. The maximum absolute atomic E-state index is 12.9. The zero-order valence-electron chi connectivity index (χ0n) is 13.7. The van der Waals surface area contributed by atoms with Gasteiger partial charge in [0.2, 0.25) is 10.0 Å². The molecule has 0 radical (unpaired) electrons. The monoisotopic (exact) mass is 336 g/mol. The lowest BCUT2D eigenvalue weighted by Gasteiger charge is -2.33. The van der Waals surface area contributed by atoms with Gasteiger partial charge in [-0.2, -0.15) is 0 Å². The molecule has 0 spiro atoms. The topological polar surface area (TPSA) is 66.5 Å². The van der Waals surface area contributed by atoms with Gasteiger partial charge < -0.3 is 4.90 Å². The first-order chi connectivity index (χ1) is 10.9. The summed E-state index contributed by atoms with van der Waals surface area (Å²) >= 11 is 0. The number of benzene rings is 1. The summed E-state index contributed by atoms with van der Waals surface area (Å²) in [5, 5.41) is 0. The average Bonchev–Trinajstić information content (AvgIpc) is 2.90. The first kappa shape index (κ1) is 16.5. The third-order valence-electron chi connectivity index (χ3n) is 5.26. The third-order valence-corrected chi connectivity index (χ3v) is 6.69. The van der Waals surface area contributed by atoms with E-state index in [4.69, 9.17) is 0 Å². The second-order valence-corrected chi connectivity index (χ2v) is 8.53. The van der Waals surface area contributed by atoms with Crippen molar-refractivity contribution in [2.45, 2.75) is 56.0 Å². The number of amides is 1. The van der Waals surface area contributed by atoms with Crippen molar-refractivity contribution in [1.82, 2.24) is 9.62 Å². The largest absolute Gasteiger partial charge is 0.333 e. The molecule has 5 nitrogen and oxygen atoms in total. The highest BCUT2D eigenvalue weighted by Gasteiger charge is 2.42. The number of rotatable bonds is 3. The van der Waals surface area contributed by atoms with Gasteiger partial charge in [-0.05, 0) is 63.4 Å². The van der Waals surface area contributed by atoms with E-state index >= 15 is 0 Å². The number of nitrogens with zero attached hydrogens (tertiary/aromatic N) is 1. The Labute approximate surface area is 138 Å². The van der Waals surface area contributed by atoms with Gasteiger partial charge in [0.25, 0.3) is 5.91 Å². The van der Waals surface area contributed by atoms with E-state index in [2.05, 4.69) is 11.6 Å². The minimum atomic E-state index is -3.46. The number of nitrogens with one attached hydrogen (secondary N) is 1. The van der Waals surface area contributed by atoms with Crippen molar-refractivity contribution in [3.8, 4) is 0 Å². The van der Waals surface area contributed by atoms with Crippen LogP contribution in [0.1, 0.15) is 49.4 Å². The predicted molar refractivity (Wildman–Crippen MR) is 88.7 cm³/mol. The van der Waals surface area contributed by atoms with Gasteiger partial charge in [0.1, 0.15) is 0 Å². The fraction of sp³-hybridized carbons (Fsp3) is 0.588. The van der Waals surface area contributed by atoms with Crippen molar-refractivity contribution in [2.24, 2.45) is 5.92 Å². The number of hydrogen-bond acceptors (Lipinski definition) is 3. The number of fused-ring (bicyclic) bond motifs is 1. The number of carbonyl (C=O) groups excluding carboxylic acids is 1. The molecular weight excluding hydrogens is 312 g/mol. The molecule has 126 valence electrons. The molecule has 6 heteroatoms. The van der Waals surface area contributed by atoms with Crippen molar-refractivity contribution in [1.29, 1.82) is 0 Å². The Morgan fingerprint density at radius 2 is 1.83 bits per heavy atom. The first-order valence-electron chi connectivity index (χ1n) is 8.30.